The second-order valence-electron chi connectivity index (χ2n) is 3.17. The summed E-state index contributed by atoms with van der Waals surface area (Å²) in [6.07, 6.45) is 1.42. The van der Waals surface area contributed by atoms with Crippen molar-refractivity contribution in [3.63, 3.8) is 0 Å². The van der Waals surface area contributed by atoms with Gasteiger partial charge in [0.1, 0.15) is 12.6 Å². The maximum atomic E-state index is 11.5. The molecule has 1 aliphatic heterocycles. The zero-order valence-electron chi connectivity index (χ0n) is 8.10. The highest BCUT2D eigenvalue weighted by Crippen LogP contribution is 2.06. The Kier molecular flexibility index (Phi) is 3.43. The quantitative estimate of drug-likeness (QED) is 0.586. The summed E-state index contributed by atoms with van der Waals surface area (Å²) in [6, 6.07) is -0.977. The van der Waals surface area contributed by atoms with Gasteiger partial charge in [-0.2, -0.15) is 0 Å². The van der Waals surface area contributed by atoms with Crippen molar-refractivity contribution < 1.29 is 19.5 Å². The van der Waals surface area contributed by atoms with Gasteiger partial charge in [0, 0.05) is 13.0 Å². The molecule has 15 heavy (non-hydrogen) atoms. The van der Waals surface area contributed by atoms with Crippen LogP contribution in [0.15, 0.2) is 12.7 Å². The van der Waals surface area contributed by atoms with E-state index in [4.69, 9.17) is 5.11 Å². The van der Waals surface area contributed by atoms with Gasteiger partial charge in [0.2, 0.25) is 11.8 Å². The number of carbonyl (C=O) groups is 3. The van der Waals surface area contributed by atoms with Gasteiger partial charge in [0.05, 0.1) is 0 Å². The monoisotopic (exact) mass is 212 g/mol. The number of amides is 2. The molecule has 1 unspecified atom stereocenters. The smallest absolute Gasteiger partial charge is 0.328 e. The average molecular weight is 212 g/mol. The summed E-state index contributed by atoms with van der Waals surface area (Å²) < 4.78 is 0. The molecule has 1 heterocycles. The third-order valence-electron chi connectivity index (χ3n) is 2.11. The van der Waals surface area contributed by atoms with Gasteiger partial charge in [-0.1, -0.05) is 6.08 Å². The molecule has 0 bridgehead atoms. The van der Waals surface area contributed by atoms with Crippen molar-refractivity contribution in [3.05, 3.63) is 12.7 Å². The Morgan fingerprint density at radius 1 is 1.67 bits per heavy atom. The predicted octanol–water partition coefficient (Wildman–Crippen LogP) is -1.03. The summed E-state index contributed by atoms with van der Waals surface area (Å²) in [5.41, 5.74) is 0. The van der Waals surface area contributed by atoms with Gasteiger partial charge in [-0.05, 0) is 0 Å². The Balaban J connectivity index is 2.78. The molecule has 82 valence electrons. The van der Waals surface area contributed by atoms with Crippen LogP contribution in [-0.4, -0.2) is 46.9 Å². The minimum absolute atomic E-state index is 0.0388. The molecule has 2 amide bonds. The van der Waals surface area contributed by atoms with Crippen LogP contribution in [0, 0.1) is 0 Å². The average Bonchev–Trinajstić information content (AvgIpc) is 2.17. The summed E-state index contributed by atoms with van der Waals surface area (Å²) in [7, 11) is 0. The van der Waals surface area contributed by atoms with Crippen LogP contribution in [0.1, 0.15) is 6.42 Å². The Morgan fingerprint density at radius 3 is 2.87 bits per heavy atom. The number of carboxylic acids is 1. The molecular weight excluding hydrogens is 200 g/mol. The van der Waals surface area contributed by atoms with Gasteiger partial charge in [-0.3, -0.25) is 9.59 Å². The Hall–Kier alpha value is -1.85. The number of aliphatic carboxylic acids is 1. The summed E-state index contributed by atoms with van der Waals surface area (Å²) >= 11 is 0. The lowest BCUT2D eigenvalue weighted by Crippen LogP contribution is -2.59. The first-order chi connectivity index (χ1) is 7.06. The summed E-state index contributed by atoms with van der Waals surface area (Å²) in [4.78, 5) is 34.4. The Morgan fingerprint density at radius 2 is 2.33 bits per heavy atom. The first-order valence-electron chi connectivity index (χ1n) is 4.46. The molecule has 0 saturated carbocycles. The number of carboxylic acid groups (broad SMARTS) is 1. The van der Waals surface area contributed by atoms with Gasteiger partial charge in [-0.25, -0.2) is 4.79 Å². The largest absolute Gasteiger partial charge is 0.480 e. The standard InChI is InChI=1S/C9H12N2O4/c1-2-3-8(13)11-5-7(12)10-4-6(11)9(14)15/h2,6H,1,3-5H2,(H,10,12)(H,14,15). The van der Waals surface area contributed by atoms with E-state index >= 15 is 0 Å². The number of hydrogen-bond donors (Lipinski definition) is 2. The molecule has 1 fully saturated rings. The van der Waals surface area contributed by atoms with Crippen LogP contribution in [0.5, 0.6) is 0 Å². The van der Waals surface area contributed by atoms with E-state index in [2.05, 4.69) is 11.9 Å². The van der Waals surface area contributed by atoms with E-state index in [9.17, 15) is 14.4 Å². The van der Waals surface area contributed by atoms with E-state index in [0.29, 0.717) is 0 Å². The second-order valence-corrected chi connectivity index (χ2v) is 3.17. The van der Waals surface area contributed by atoms with E-state index in [1.54, 1.807) is 0 Å². The molecule has 1 aliphatic rings. The highest BCUT2D eigenvalue weighted by Gasteiger charge is 2.34. The minimum Gasteiger partial charge on any atom is -0.480 e. The molecule has 6 heteroatoms. The van der Waals surface area contributed by atoms with E-state index in [-0.39, 0.29) is 25.4 Å². The molecule has 1 rings (SSSR count). The van der Waals surface area contributed by atoms with E-state index in [0.717, 1.165) is 4.90 Å². The number of hydrogen-bond acceptors (Lipinski definition) is 3. The normalized spacial score (nSPS) is 20.7. The van der Waals surface area contributed by atoms with Crippen LogP contribution >= 0.6 is 0 Å². The van der Waals surface area contributed by atoms with Crippen molar-refractivity contribution in [3.8, 4) is 0 Å². The van der Waals surface area contributed by atoms with Crippen LogP contribution in [0.3, 0.4) is 0 Å². The predicted molar refractivity (Wildman–Crippen MR) is 51.0 cm³/mol. The van der Waals surface area contributed by atoms with Crippen LogP contribution in [0.2, 0.25) is 0 Å². The summed E-state index contributed by atoms with van der Waals surface area (Å²) in [5.74, 6) is -1.86. The number of nitrogens with one attached hydrogen (secondary N) is 1. The number of rotatable bonds is 3. The molecule has 0 aromatic heterocycles. The number of nitrogens with zero attached hydrogens (tertiary/aromatic N) is 1. The molecule has 0 aromatic carbocycles. The summed E-state index contributed by atoms with van der Waals surface area (Å²) in [5, 5.41) is 11.2. The fraction of sp³-hybridized carbons (Fsp3) is 0.444. The van der Waals surface area contributed by atoms with Gasteiger partial charge in [-0.15, -0.1) is 6.58 Å². The molecule has 0 radical (unpaired) electrons. The van der Waals surface area contributed by atoms with Gasteiger partial charge in [0.25, 0.3) is 0 Å². The van der Waals surface area contributed by atoms with Crippen molar-refractivity contribution >= 4 is 17.8 Å². The number of piperazine rings is 1. The SMILES string of the molecule is C=CCC(=O)N1CC(=O)NCC1C(=O)O. The van der Waals surface area contributed by atoms with Gasteiger partial charge >= 0.3 is 5.97 Å². The third-order valence-corrected chi connectivity index (χ3v) is 2.11. The first kappa shape index (κ1) is 11.2. The second kappa shape index (κ2) is 4.59. The molecule has 0 aromatic rings. The molecule has 0 spiro atoms. The van der Waals surface area contributed by atoms with Crippen molar-refractivity contribution in [1.29, 1.82) is 0 Å². The van der Waals surface area contributed by atoms with Crippen molar-refractivity contribution in [2.24, 2.45) is 0 Å². The maximum absolute atomic E-state index is 11.5. The van der Waals surface area contributed by atoms with E-state index < -0.39 is 17.9 Å². The third kappa shape index (κ3) is 2.55. The van der Waals surface area contributed by atoms with Crippen molar-refractivity contribution in [2.75, 3.05) is 13.1 Å². The topological polar surface area (TPSA) is 86.7 Å². The lowest BCUT2D eigenvalue weighted by Gasteiger charge is -2.32. The molecule has 1 saturated heterocycles. The molecular formula is C9H12N2O4. The highest BCUT2D eigenvalue weighted by atomic mass is 16.4. The zero-order valence-corrected chi connectivity index (χ0v) is 8.10. The van der Waals surface area contributed by atoms with Crippen LogP contribution in [0.4, 0.5) is 0 Å². The lowest BCUT2D eigenvalue weighted by atomic mass is 10.1. The Labute approximate surface area is 86.6 Å². The van der Waals surface area contributed by atoms with Crippen molar-refractivity contribution in [1.82, 2.24) is 10.2 Å². The summed E-state index contributed by atoms with van der Waals surface area (Å²) in [6.45, 7) is 3.14. The lowest BCUT2D eigenvalue weighted by molar-refractivity contribution is -0.153. The molecule has 0 aliphatic carbocycles. The molecule has 6 nitrogen and oxygen atoms in total. The zero-order chi connectivity index (χ0) is 11.4. The minimum atomic E-state index is -1.12. The van der Waals surface area contributed by atoms with E-state index in [1.807, 2.05) is 0 Å². The van der Waals surface area contributed by atoms with Gasteiger partial charge < -0.3 is 15.3 Å². The molecule has 1 atom stereocenters. The first-order valence-corrected chi connectivity index (χ1v) is 4.46. The number of carbonyl (C=O) groups excluding carboxylic acids is 2. The van der Waals surface area contributed by atoms with Gasteiger partial charge in [0.15, 0.2) is 0 Å². The fourth-order valence-electron chi connectivity index (χ4n) is 1.36. The fourth-order valence-corrected chi connectivity index (χ4v) is 1.36. The Bertz CT molecular complexity index is 313. The molecule has 2 N–H and O–H groups in total. The van der Waals surface area contributed by atoms with Crippen LogP contribution < -0.4 is 5.32 Å². The van der Waals surface area contributed by atoms with E-state index in [1.165, 1.54) is 6.08 Å². The highest BCUT2D eigenvalue weighted by molar-refractivity contribution is 5.91. The van der Waals surface area contributed by atoms with Crippen LogP contribution in [-0.2, 0) is 14.4 Å². The maximum Gasteiger partial charge on any atom is 0.328 e. The van der Waals surface area contributed by atoms with Crippen LogP contribution in [0.25, 0.3) is 0 Å². The van der Waals surface area contributed by atoms with Crippen molar-refractivity contribution in [2.45, 2.75) is 12.5 Å².